The topological polar surface area (TPSA) is 93.1 Å². The molecule has 1 aliphatic heterocycles. The highest BCUT2D eigenvalue weighted by atomic mass is 79.9. The fourth-order valence-corrected chi connectivity index (χ4v) is 2.78. The Hall–Kier alpha value is -1.93. The molecule has 1 N–H and O–H groups in total. The standard InChI is InChI=1S/C18H22BrNO6/c1-18(2,3)26-17(24)20-9-13(21)8-14(20)16(23)25-10-15(22)11-4-6-12(19)7-5-11/h4-7,13-14,21H,8-10H2,1-3H3/t13-,14+/m1/s1. The van der Waals surface area contributed by atoms with E-state index in [4.69, 9.17) is 9.47 Å². The zero-order chi connectivity index (χ0) is 19.5. The Bertz CT molecular complexity index is 682. The van der Waals surface area contributed by atoms with Crippen LogP contribution in [0, 0.1) is 0 Å². The van der Waals surface area contributed by atoms with Gasteiger partial charge in [0.2, 0.25) is 0 Å². The number of ketones is 1. The van der Waals surface area contributed by atoms with E-state index in [-0.39, 0.29) is 18.7 Å². The van der Waals surface area contributed by atoms with Gasteiger partial charge in [-0.3, -0.25) is 9.69 Å². The van der Waals surface area contributed by atoms with Gasteiger partial charge in [-0.1, -0.05) is 28.1 Å². The molecule has 2 atom stereocenters. The van der Waals surface area contributed by atoms with Crippen molar-refractivity contribution in [1.82, 2.24) is 4.90 Å². The molecule has 1 aromatic rings. The molecular weight excluding hydrogens is 406 g/mol. The number of likely N-dealkylation sites (tertiary alicyclic amines) is 1. The monoisotopic (exact) mass is 427 g/mol. The number of carbonyl (C=O) groups is 3. The number of esters is 1. The van der Waals surface area contributed by atoms with Gasteiger partial charge in [-0.2, -0.15) is 0 Å². The van der Waals surface area contributed by atoms with Gasteiger partial charge in [-0.05, 0) is 32.9 Å². The van der Waals surface area contributed by atoms with E-state index in [2.05, 4.69) is 15.9 Å². The molecular formula is C18H22BrNO6. The first kappa shape index (κ1) is 20.4. The van der Waals surface area contributed by atoms with Crippen molar-refractivity contribution in [2.45, 2.75) is 44.9 Å². The number of Topliss-reactive ketones (excluding diaryl/α,β-unsaturated/α-hetero) is 1. The highest BCUT2D eigenvalue weighted by Crippen LogP contribution is 2.22. The first-order chi connectivity index (χ1) is 12.1. The van der Waals surface area contributed by atoms with Crippen molar-refractivity contribution in [2.75, 3.05) is 13.2 Å². The molecule has 1 heterocycles. The average molecular weight is 428 g/mol. The number of hydrogen-bond donors (Lipinski definition) is 1. The molecule has 8 heteroatoms. The number of ether oxygens (including phenoxy) is 2. The Morgan fingerprint density at radius 3 is 2.42 bits per heavy atom. The van der Waals surface area contributed by atoms with Crippen LogP contribution in [0.25, 0.3) is 0 Å². The number of halogens is 1. The average Bonchev–Trinajstić information content (AvgIpc) is 2.93. The van der Waals surface area contributed by atoms with Crippen LogP contribution in [0.4, 0.5) is 4.79 Å². The van der Waals surface area contributed by atoms with Crippen molar-refractivity contribution < 1.29 is 29.0 Å². The number of hydrogen-bond acceptors (Lipinski definition) is 6. The molecule has 0 unspecified atom stereocenters. The van der Waals surface area contributed by atoms with E-state index in [9.17, 15) is 19.5 Å². The first-order valence-corrected chi connectivity index (χ1v) is 8.99. The predicted molar refractivity (Wildman–Crippen MR) is 96.8 cm³/mol. The number of amides is 1. The summed E-state index contributed by atoms with van der Waals surface area (Å²) in [6.45, 7) is 4.68. The zero-order valence-electron chi connectivity index (χ0n) is 14.9. The molecule has 0 bridgehead atoms. The van der Waals surface area contributed by atoms with Gasteiger partial charge >= 0.3 is 12.1 Å². The van der Waals surface area contributed by atoms with Crippen molar-refractivity contribution in [2.24, 2.45) is 0 Å². The van der Waals surface area contributed by atoms with E-state index in [1.807, 2.05) is 0 Å². The molecule has 0 saturated carbocycles. The molecule has 1 aliphatic rings. The van der Waals surface area contributed by atoms with Crippen LogP contribution in [0.5, 0.6) is 0 Å². The summed E-state index contributed by atoms with van der Waals surface area (Å²) in [5, 5.41) is 9.82. The highest BCUT2D eigenvalue weighted by molar-refractivity contribution is 9.10. The fourth-order valence-electron chi connectivity index (χ4n) is 2.51. The third-order valence-electron chi connectivity index (χ3n) is 3.69. The molecule has 0 spiro atoms. The number of carbonyl (C=O) groups excluding carboxylic acids is 3. The van der Waals surface area contributed by atoms with E-state index in [1.165, 1.54) is 0 Å². The summed E-state index contributed by atoms with van der Waals surface area (Å²) >= 11 is 3.28. The van der Waals surface area contributed by atoms with E-state index < -0.39 is 36.4 Å². The van der Waals surface area contributed by atoms with E-state index in [0.717, 1.165) is 9.37 Å². The molecule has 142 valence electrons. The maximum absolute atomic E-state index is 12.3. The van der Waals surface area contributed by atoms with Crippen LogP contribution < -0.4 is 0 Å². The van der Waals surface area contributed by atoms with Gasteiger partial charge in [-0.15, -0.1) is 0 Å². The Labute approximate surface area is 160 Å². The quantitative estimate of drug-likeness (QED) is 0.586. The lowest BCUT2D eigenvalue weighted by atomic mass is 10.1. The number of rotatable bonds is 4. The Balaban J connectivity index is 1.97. The van der Waals surface area contributed by atoms with Gasteiger partial charge in [0.1, 0.15) is 11.6 Å². The normalized spacial score (nSPS) is 20.0. The minimum atomic E-state index is -0.974. The van der Waals surface area contributed by atoms with Gasteiger partial charge in [0, 0.05) is 16.5 Å². The number of aliphatic hydroxyl groups is 1. The van der Waals surface area contributed by atoms with Crippen LogP contribution in [-0.4, -0.2) is 58.8 Å². The van der Waals surface area contributed by atoms with Crippen molar-refractivity contribution in [3.8, 4) is 0 Å². The van der Waals surface area contributed by atoms with Gasteiger partial charge in [0.05, 0.1) is 12.6 Å². The van der Waals surface area contributed by atoms with Crippen molar-refractivity contribution in [3.05, 3.63) is 34.3 Å². The molecule has 1 aromatic carbocycles. The van der Waals surface area contributed by atoms with Gasteiger partial charge < -0.3 is 14.6 Å². The summed E-state index contributed by atoms with van der Waals surface area (Å²) < 4.78 is 11.2. The molecule has 2 rings (SSSR count). The highest BCUT2D eigenvalue weighted by Gasteiger charge is 2.42. The van der Waals surface area contributed by atoms with E-state index in [1.54, 1.807) is 45.0 Å². The molecule has 0 aliphatic carbocycles. The lowest BCUT2D eigenvalue weighted by Gasteiger charge is -2.27. The summed E-state index contributed by atoms with van der Waals surface area (Å²) in [6, 6.07) is 5.69. The molecule has 0 radical (unpaired) electrons. The van der Waals surface area contributed by atoms with Crippen LogP contribution in [0.15, 0.2) is 28.7 Å². The van der Waals surface area contributed by atoms with E-state index >= 15 is 0 Å². The third-order valence-corrected chi connectivity index (χ3v) is 4.22. The Morgan fingerprint density at radius 1 is 1.23 bits per heavy atom. The van der Waals surface area contributed by atoms with Crippen LogP contribution in [0.3, 0.4) is 0 Å². The van der Waals surface area contributed by atoms with Crippen molar-refractivity contribution in [3.63, 3.8) is 0 Å². The van der Waals surface area contributed by atoms with Crippen LogP contribution in [0.1, 0.15) is 37.6 Å². The largest absolute Gasteiger partial charge is 0.456 e. The lowest BCUT2D eigenvalue weighted by Crippen LogP contribution is -2.44. The summed E-state index contributed by atoms with van der Waals surface area (Å²) in [4.78, 5) is 37.8. The third kappa shape index (κ3) is 5.54. The summed E-state index contributed by atoms with van der Waals surface area (Å²) in [7, 11) is 0. The van der Waals surface area contributed by atoms with Crippen LogP contribution in [0.2, 0.25) is 0 Å². The van der Waals surface area contributed by atoms with Gasteiger partial charge in [0.25, 0.3) is 0 Å². The molecule has 1 fully saturated rings. The minimum Gasteiger partial charge on any atom is -0.456 e. The smallest absolute Gasteiger partial charge is 0.411 e. The van der Waals surface area contributed by atoms with Crippen molar-refractivity contribution >= 4 is 33.8 Å². The second-order valence-corrected chi connectivity index (χ2v) is 7.99. The maximum Gasteiger partial charge on any atom is 0.411 e. The number of benzene rings is 1. The predicted octanol–water partition coefficient (Wildman–Crippen LogP) is 2.55. The van der Waals surface area contributed by atoms with Crippen molar-refractivity contribution in [1.29, 1.82) is 0 Å². The molecule has 7 nitrogen and oxygen atoms in total. The summed E-state index contributed by atoms with van der Waals surface area (Å²) in [5.41, 5.74) is -0.312. The first-order valence-electron chi connectivity index (χ1n) is 8.20. The fraction of sp³-hybridized carbons (Fsp3) is 0.500. The SMILES string of the molecule is CC(C)(C)OC(=O)N1C[C@H](O)C[C@H]1C(=O)OCC(=O)c1ccc(Br)cc1. The maximum atomic E-state index is 12.3. The molecule has 26 heavy (non-hydrogen) atoms. The molecule has 1 saturated heterocycles. The Kier molecular flexibility index (Phi) is 6.41. The van der Waals surface area contributed by atoms with Gasteiger partial charge in [0.15, 0.2) is 12.4 Å². The zero-order valence-corrected chi connectivity index (χ0v) is 16.5. The summed E-state index contributed by atoms with van der Waals surface area (Å²) in [5.74, 6) is -1.09. The number of β-amino-alcohol motifs (C(OH)–C–C–N with tert-alkyl or cyclic N) is 1. The van der Waals surface area contributed by atoms with Crippen LogP contribution in [-0.2, 0) is 14.3 Å². The summed E-state index contributed by atoms with van der Waals surface area (Å²) in [6.07, 6.45) is -1.50. The second-order valence-electron chi connectivity index (χ2n) is 7.08. The second kappa shape index (κ2) is 8.18. The number of aliphatic hydroxyl groups excluding tert-OH is 1. The number of nitrogens with zero attached hydrogens (tertiary/aromatic N) is 1. The van der Waals surface area contributed by atoms with Crippen LogP contribution >= 0.6 is 15.9 Å². The lowest BCUT2D eigenvalue weighted by molar-refractivity contribution is -0.147. The van der Waals surface area contributed by atoms with Gasteiger partial charge in [-0.25, -0.2) is 9.59 Å². The molecule has 0 aromatic heterocycles. The van der Waals surface area contributed by atoms with E-state index in [0.29, 0.717) is 5.56 Å². The minimum absolute atomic E-state index is 0.0185. The Morgan fingerprint density at radius 2 is 1.85 bits per heavy atom. The molecule has 1 amide bonds.